The molecule has 0 unspecified atom stereocenters. The normalized spacial score (nSPS) is 10.6. The van der Waals surface area contributed by atoms with Gasteiger partial charge in [-0.3, -0.25) is 0 Å². The lowest BCUT2D eigenvalue weighted by Crippen LogP contribution is -2.06. The monoisotopic (exact) mass is 262 g/mol. The van der Waals surface area contributed by atoms with Crippen LogP contribution in [0.15, 0.2) is 16.8 Å². The number of thiophene rings is 1. The fourth-order valence-corrected chi connectivity index (χ4v) is 2.55. The van der Waals surface area contributed by atoms with E-state index in [9.17, 15) is 0 Å². The molecule has 0 bridgehead atoms. The van der Waals surface area contributed by atoms with Crippen LogP contribution in [0.25, 0.3) is 0 Å². The van der Waals surface area contributed by atoms with Crippen LogP contribution in [0.4, 0.5) is 11.6 Å². The van der Waals surface area contributed by atoms with Gasteiger partial charge in [-0.25, -0.2) is 9.97 Å². The first kappa shape index (κ1) is 12.8. The summed E-state index contributed by atoms with van der Waals surface area (Å²) in [5.41, 5.74) is 8.39. The van der Waals surface area contributed by atoms with Gasteiger partial charge in [-0.05, 0) is 35.2 Å². The number of nitrogens with one attached hydrogen (secondary N) is 1. The SMILES string of the molecule is CCCc1nc(N)cc(NCc2cscc2C)n1. The first-order chi connectivity index (χ1) is 8.69. The molecule has 0 aliphatic heterocycles. The van der Waals surface area contributed by atoms with Gasteiger partial charge in [0, 0.05) is 19.0 Å². The number of hydrogen-bond acceptors (Lipinski definition) is 5. The highest BCUT2D eigenvalue weighted by Gasteiger charge is 2.03. The van der Waals surface area contributed by atoms with Crippen molar-refractivity contribution in [3.05, 3.63) is 33.8 Å². The summed E-state index contributed by atoms with van der Waals surface area (Å²) in [7, 11) is 0. The minimum atomic E-state index is 0.526. The Labute approximate surface area is 111 Å². The average Bonchev–Trinajstić information content (AvgIpc) is 2.72. The number of hydrogen-bond donors (Lipinski definition) is 2. The molecule has 0 radical (unpaired) electrons. The van der Waals surface area contributed by atoms with E-state index in [2.05, 4.69) is 39.9 Å². The van der Waals surface area contributed by atoms with E-state index in [0.717, 1.165) is 31.0 Å². The van der Waals surface area contributed by atoms with Crippen LogP contribution in [-0.2, 0) is 13.0 Å². The number of nitrogens with zero attached hydrogens (tertiary/aromatic N) is 2. The Morgan fingerprint density at radius 2 is 2.17 bits per heavy atom. The number of nitrogens with two attached hydrogens (primary N) is 1. The van der Waals surface area contributed by atoms with Gasteiger partial charge in [0.1, 0.15) is 17.5 Å². The summed E-state index contributed by atoms with van der Waals surface area (Å²) in [5.74, 6) is 2.14. The number of rotatable bonds is 5. The lowest BCUT2D eigenvalue weighted by atomic mass is 10.2. The van der Waals surface area contributed by atoms with Crippen molar-refractivity contribution < 1.29 is 0 Å². The van der Waals surface area contributed by atoms with Gasteiger partial charge >= 0.3 is 0 Å². The van der Waals surface area contributed by atoms with Gasteiger partial charge in [-0.15, -0.1) is 0 Å². The largest absolute Gasteiger partial charge is 0.384 e. The molecule has 0 saturated carbocycles. The lowest BCUT2D eigenvalue weighted by molar-refractivity contribution is 0.836. The topological polar surface area (TPSA) is 63.8 Å². The van der Waals surface area contributed by atoms with E-state index in [1.54, 1.807) is 17.4 Å². The van der Waals surface area contributed by atoms with Crippen LogP contribution in [-0.4, -0.2) is 9.97 Å². The van der Waals surface area contributed by atoms with Gasteiger partial charge in [0.2, 0.25) is 0 Å². The molecule has 2 heterocycles. The van der Waals surface area contributed by atoms with Crippen molar-refractivity contribution in [2.45, 2.75) is 33.2 Å². The van der Waals surface area contributed by atoms with Crippen molar-refractivity contribution in [3.63, 3.8) is 0 Å². The smallest absolute Gasteiger partial charge is 0.133 e. The zero-order chi connectivity index (χ0) is 13.0. The van der Waals surface area contributed by atoms with Crippen LogP contribution in [0.3, 0.4) is 0 Å². The zero-order valence-electron chi connectivity index (χ0n) is 10.7. The molecular formula is C13H18N4S. The minimum absolute atomic E-state index is 0.526. The summed E-state index contributed by atoms with van der Waals surface area (Å²) < 4.78 is 0. The molecule has 0 aliphatic rings. The Morgan fingerprint density at radius 3 is 2.83 bits per heavy atom. The standard InChI is InChI=1S/C13H18N4S/c1-3-4-12-16-11(14)5-13(17-12)15-6-10-8-18-7-9(10)2/h5,7-8H,3-4,6H2,1-2H3,(H3,14,15,16,17). The van der Waals surface area contributed by atoms with Crippen LogP contribution in [0.2, 0.25) is 0 Å². The lowest BCUT2D eigenvalue weighted by Gasteiger charge is -2.08. The van der Waals surface area contributed by atoms with Crippen LogP contribution >= 0.6 is 11.3 Å². The van der Waals surface area contributed by atoms with Crippen molar-refractivity contribution in [3.8, 4) is 0 Å². The molecule has 0 saturated heterocycles. The highest BCUT2D eigenvalue weighted by Crippen LogP contribution is 2.16. The maximum absolute atomic E-state index is 5.78. The van der Waals surface area contributed by atoms with Crippen LogP contribution < -0.4 is 11.1 Å². The quantitative estimate of drug-likeness (QED) is 0.869. The van der Waals surface area contributed by atoms with E-state index in [1.807, 2.05) is 0 Å². The molecule has 5 heteroatoms. The molecule has 0 atom stereocenters. The van der Waals surface area contributed by atoms with Gasteiger partial charge in [-0.1, -0.05) is 6.92 Å². The maximum atomic E-state index is 5.78. The Hall–Kier alpha value is -1.62. The molecule has 3 N–H and O–H groups in total. The van der Waals surface area contributed by atoms with Crippen LogP contribution in [0, 0.1) is 6.92 Å². The van der Waals surface area contributed by atoms with E-state index in [-0.39, 0.29) is 0 Å². The van der Waals surface area contributed by atoms with Crippen LogP contribution in [0.5, 0.6) is 0 Å². The van der Waals surface area contributed by atoms with E-state index >= 15 is 0 Å². The molecule has 0 aliphatic carbocycles. The average molecular weight is 262 g/mol. The van der Waals surface area contributed by atoms with Crippen LogP contribution in [0.1, 0.15) is 30.3 Å². The third kappa shape index (κ3) is 3.20. The van der Waals surface area contributed by atoms with Crippen molar-refractivity contribution in [2.75, 3.05) is 11.1 Å². The fourth-order valence-electron chi connectivity index (χ4n) is 1.70. The number of aryl methyl sites for hydroxylation is 2. The molecule has 2 aromatic rings. The predicted octanol–water partition coefficient (Wildman–Crippen LogP) is 2.99. The molecule has 18 heavy (non-hydrogen) atoms. The van der Waals surface area contributed by atoms with Crippen molar-refractivity contribution >= 4 is 23.0 Å². The number of nitrogen functional groups attached to an aromatic ring is 1. The highest BCUT2D eigenvalue weighted by molar-refractivity contribution is 7.08. The predicted molar refractivity (Wildman–Crippen MR) is 76.8 cm³/mol. The van der Waals surface area contributed by atoms with Gasteiger partial charge < -0.3 is 11.1 Å². The molecule has 96 valence electrons. The second-order valence-corrected chi connectivity index (χ2v) is 5.02. The third-order valence-electron chi connectivity index (χ3n) is 2.69. The summed E-state index contributed by atoms with van der Waals surface area (Å²) >= 11 is 1.72. The molecule has 4 nitrogen and oxygen atoms in total. The zero-order valence-corrected chi connectivity index (χ0v) is 11.5. The minimum Gasteiger partial charge on any atom is -0.384 e. The van der Waals surface area contributed by atoms with Crippen molar-refractivity contribution in [1.82, 2.24) is 9.97 Å². The van der Waals surface area contributed by atoms with E-state index in [1.165, 1.54) is 11.1 Å². The van der Waals surface area contributed by atoms with Gasteiger partial charge in [0.15, 0.2) is 0 Å². The Kier molecular flexibility index (Phi) is 4.15. The first-order valence-corrected chi connectivity index (χ1v) is 7.02. The van der Waals surface area contributed by atoms with E-state index < -0.39 is 0 Å². The number of aromatic nitrogens is 2. The fraction of sp³-hybridized carbons (Fsp3) is 0.385. The Bertz CT molecular complexity index is 521. The summed E-state index contributed by atoms with van der Waals surface area (Å²) in [6.45, 7) is 5.00. The Morgan fingerprint density at radius 1 is 1.33 bits per heavy atom. The molecule has 2 aromatic heterocycles. The molecule has 2 rings (SSSR count). The molecular weight excluding hydrogens is 244 g/mol. The summed E-state index contributed by atoms with van der Waals surface area (Å²) in [6, 6.07) is 1.78. The van der Waals surface area contributed by atoms with Crippen molar-refractivity contribution in [2.24, 2.45) is 0 Å². The Balaban J connectivity index is 2.07. The van der Waals surface area contributed by atoms with Crippen molar-refractivity contribution in [1.29, 1.82) is 0 Å². The summed E-state index contributed by atoms with van der Waals surface area (Å²) in [6.07, 6.45) is 1.88. The van der Waals surface area contributed by atoms with E-state index in [4.69, 9.17) is 5.73 Å². The maximum Gasteiger partial charge on any atom is 0.133 e. The first-order valence-electron chi connectivity index (χ1n) is 6.08. The summed E-state index contributed by atoms with van der Waals surface area (Å²) in [5, 5.41) is 7.60. The highest BCUT2D eigenvalue weighted by atomic mass is 32.1. The molecule has 0 fully saturated rings. The van der Waals surface area contributed by atoms with Gasteiger partial charge in [0.05, 0.1) is 0 Å². The van der Waals surface area contributed by atoms with Gasteiger partial charge in [0.25, 0.3) is 0 Å². The molecule has 0 spiro atoms. The summed E-state index contributed by atoms with van der Waals surface area (Å²) in [4.78, 5) is 8.67. The number of anilines is 2. The molecule has 0 amide bonds. The second kappa shape index (κ2) is 5.82. The van der Waals surface area contributed by atoms with Gasteiger partial charge in [-0.2, -0.15) is 11.3 Å². The van der Waals surface area contributed by atoms with E-state index in [0.29, 0.717) is 5.82 Å². The third-order valence-corrected chi connectivity index (χ3v) is 3.60. The second-order valence-electron chi connectivity index (χ2n) is 4.28. The molecule has 0 aromatic carbocycles.